The number of amides is 2. The maximum absolute atomic E-state index is 12.7. The molecule has 10 heteroatoms. The standard InChI is InChI=1S/C24H36N4O5S/c1-34(31,32)17-25-11-23(29)28-14-20-12-27(13-21(20)15-28)9-7-22(18-5-3-2-4-6-18)26-24(30)19-8-10-33-16-19/h2-6,19-22,25H,7-17H2,1H3,(H,26,30)/t19?,20-,21?,22?/m0/s1. The Labute approximate surface area is 202 Å². The van der Waals surface area contributed by atoms with Gasteiger partial charge in [0, 0.05) is 45.6 Å². The van der Waals surface area contributed by atoms with Gasteiger partial charge in [0.2, 0.25) is 11.8 Å². The number of hydrogen-bond donors (Lipinski definition) is 2. The number of carbonyl (C=O) groups excluding carboxylic acids is 2. The Morgan fingerprint density at radius 1 is 1.12 bits per heavy atom. The van der Waals surface area contributed by atoms with Gasteiger partial charge < -0.3 is 19.9 Å². The molecule has 3 heterocycles. The SMILES string of the molecule is CS(=O)(=O)CNCC(=O)N1CC2CN(CCC(NC(=O)C3CCOC3)c3ccccc3)C[C@H]2C1. The van der Waals surface area contributed by atoms with Crippen LogP contribution >= 0.6 is 0 Å². The van der Waals surface area contributed by atoms with Gasteiger partial charge in [-0.2, -0.15) is 0 Å². The third kappa shape index (κ3) is 6.78. The summed E-state index contributed by atoms with van der Waals surface area (Å²) >= 11 is 0. The van der Waals surface area contributed by atoms with Gasteiger partial charge in [-0.05, 0) is 30.2 Å². The summed E-state index contributed by atoms with van der Waals surface area (Å²) in [4.78, 5) is 29.5. The summed E-state index contributed by atoms with van der Waals surface area (Å²) in [6.45, 7) is 5.43. The first kappa shape index (κ1) is 25.1. The first-order valence-electron chi connectivity index (χ1n) is 12.1. The minimum absolute atomic E-state index is 0.0336. The lowest BCUT2D eigenvalue weighted by molar-refractivity contribution is -0.129. The van der Waals surface area contributed by atoms with Crippen LogP contribution in [0, 0.1) is 17.8 Å². The Bertz CT molecular complexity index is 937. The van der Waals surface area contributed by atoms with Crippen LogP contribution in [0.5, 0.6) is 0 Å². The lowest BCUT2D eigenvalue weighted by atomic mass is 10.0. The first-order valence-corrected chi connectivity index (χ1v) is 14.2. The van der Waals surface area contributed by atoms with E-state index in [1.807, 2.05) is 23.1 Å². The number of rotatable bonds is 10. The maximum atomic E-state index is 12.7. The highest BCUT2D eigenvalue weighted by Gasteiger charge is 2.41. The predicted octanol–water partition coefficient (Wildman–Crippen LogP) is 0.252. The van der Waals surface area contributed by atoms with Crippen molar-refractivity contribution in [1.82, 2.24) is 20.4 Å². The lowest BCUT2D eigenvalue weighted by Gasteiger charge is -2.25. The number of hydrogen-bond acceptors (Lipinski definition) is 7. The van der Waals surface area contributed by atoms with E-state index in [9.17, 15) is 18.0 Å². The summed E-state index contributed by atoms with van der Waals surface area (Å²) in [6, 6.07) is 10.1. The van der Waals surface area contributed by atoms with Gasteiger partial charge in [-0.25, -0.2) is 8.42 Å². The maximum Gasteiger partial charge on any atom is 0.236 e. The second-order valence-corrected chi connectivity index (χ2v) is 12.0. The van der Waals surface area contributed by atoms with E-state index in [1.165, 1.54) is 0 Å². The largest absolute Gasteiger partial charge is 0.381 e. The lowest BCUT2D eigenvalue weighted by Crippen LogP contribution is -2.40. The molecule has 3 aliphatic heterocycles. The van der Waals surface area contributed by atoms with E-state index < -0.39 is 9.84 Å². The number of ether oxygens (including phenoxy) is 1. The summed E-state index contributed by atoms with van der Waals surface area (Å²) in [7, 11) is -3.13. The van der Waals surface area contributed by atoms with Gasteiger partial charge in [-0.3, -0.25) is 14.9 Å². The number of carbonyl (C=O) groups is 2. The van der Waals surface area contributed by atoms with Gasteiger partial charge in [0.1, 0.15) is 0 Å². The fourth-order valence-electron chi connectivity index (χ4n) is 5.28. The zero-order valence-electron chi connectivity index (χ0n) is 19.8. The Morgan fingerprint density at radius 3 is 2.44 bits per heavy atom. The molecule has 3 unspecified atom stereocenters. The Hall–Kier alpha value is -2.01. The molecule has 9 nitrogen and oxygen atoms in total. The smallest absolute Gasteiger partial charge is 0.236 e. The fraction of sp³-hybridized carbons (Fsp3) is 0.667. The molecule has 1 aromatic rings. The molecule has 0 saturated carbocycles. The van der Waals surface area contributed by atoms with Gasteiger partial charge >= 0.3 is 0 Å². The Morgan fingerprint density at radius 2 is 1.82 bits per heavy atom. The van der Waals surface area contributed by atoms with Crippen LogP contribution in [-0.2, 0) is 24.2 Å². The molecule has 34 heavy (non-hydrogen) atoms. The summed E-state index contributed by atoms with van der Waals surface area (Å²) < 4.78 is 27.9. The zero-order chi connectivity index (χ0) is 24.1. The molecule has 0 bridgehead atoms. The normalized spacial score (nSPS) is 25.9. The molecule has 4 atom stereocenters. The van der Waals surface area contributed by atoms with Crippen molar-refractivity contribution in [3.63, 3.8) is 0 Å². The minimum atomic E-state index is -3.13. The Balaban J connectivity index is 1.25. The third-order valence-electron chi connectivity index (χ3n) is 7.11. The molecule has 0 radical (unpaired) electrons. The number of fused-ring (bicyclic) bond motifs is 1. The van der Waals surface area contributed by atoms with Crippen LogP contribution in [0.4, 0.5) is 0 Å². The number of likely N-dealkylation sites (tertiary alicyclic amines) is 2. The minimum Gasteiger partial charge on any atom is -0.381 e. The van der Waals surface area contributed by atoms with Crippen LogP contribution in [0.25, 0.3) is 0 Å². The summed E-state index contributed by atoms with van der Waals surface area (Å²) in [5.74, 6) is 0.682. The second kappa shape index (κ2) is 11.2. The van der Waals surface area contributed by atoms with E-state index in [0.717, 1.165) is 57.4 Å². The van der Waals surface area contributed by atoms with E-state index in [0.29, 0.717) is 25.0 Å². The number of benzene rings is 1. The summed E-state index contributed by atoms with van der Waals surface area (Å²) in [5, 5.41) is 5.98. The summed E-state index contributed by atoms with van der Waals surface area (Å²) in [5.41, 5.74) is 1.12. The molecule has 2 amide bonds. The van der Waals surface area contributed by atoms with Crippen LogP contribution < -0.4 is 10.6 Å². The van der Waals surface area contributed by atoms with Crippen LogP contribution in [0.1, 0.15) is 24.4 Å². The molecule has 0 aromatic heterocycles. The molecular formula is C24H36N4O5S. The van der Waals surface area contributed by atoms with Crippen LogP contribution in [0.15, 0.2) is 30.3 Å². The van der Waals surface area contributed by atoms with E-state index >= 15 is 0 Å². The van der Waals surface area contributed by atoms with Crippen molar-refractivity contribution in [3.05, 3.63) is 35.9 Å². The molecule has 3 fully saturated rings. The van der Waals surface area contributed by atoms with Crippen molar-refractivity contribution in [2.24, 2.45) is 17.8 Å². The first-order chi connectivity index (χ1) is 16.3. The van der Waals surface area contributed by atoms with Gasteiger partial charge in [0.25, 0.3) is 0 Å². The highest BCUT2D eigenvalue weighted by Crippen LogP contribution is 2.32. The highest BCUT2D eigenvalue weighted by atomic mass is 32.2. The third-order valence-corrected chi connectivity index (χ3v) is 7.84. The van der Waals surface area contributed by atoms with Crippen molar-refractivity contribution in [3.8, 4) is 0 Å². The van der Waals surface area contributed by atoms with Crippen molar-refractivity contribution in [2.45, 2.75) is 18.9 Å². The Kier molecular flexibility index (Phi) is 8.23. The molecule has 2 N–H and O–H groups in total. The number of nitrogens with zero attached hydrogens (tertiary/aromatic N) is 2. The van der Waals surface area contributed by atoms with Crippen LogP contribution in [-0.4, -0.2) is 94.6 Å². The topological polar surface area (TPSA) is 108 Å². The number of nitrogens with one attached hydrogen (secondary N) is 2. The van der Waals surface area contributed by atoms with Crippen molar-refractivity contribution in [1.29, 1.82) is 0 Å². The van der Waals surface area contributed by atoms with Gasteiger partial charge in [-0.1, -0.05) is 30.3 Å². The molecule has 0 spiro atoms. The van der Waals surface area contributed by atoms with Gasteiger partial charge in [-0.15, -0.1) is 0 Å². The monoisotopic (exact) mass is 492 g/mol. The molecule has 1 aromatic carbocycles. The average Bonchev–Trinajstić information content (AvgIpc) is 3.53. The van der Waals surface area contributed by atoms with E-state index in [-0.39, 0.29) is 36.2 Å². The van der Waals surface area contributed by atoms with E-state index in [4.69, 9.17) is 4.74 Å². The second-order valence-electron chi connectivity index (χ2n) is 9.90. The van der Waals surface area contributed by atoms with E-state index in [1.54, 1.807) is 0 Å². The molecule has 188 valence electrons. The van der Waals surface area contributed by atoms with Crippen LogP contribution in [0.2, 0.25) is 0 Å². The highest BCUT2D eigenvalue weighted by molar-refractivity contribution is 7.90. The summed E-state index contributed by atoms with van der Waals surface area (Å²) in [6.07, 6.45) is 2.76. The van der Waals surface area contributed by atoms with Crippen molar-refractivity contribution >= 4 is 21.7 Å². The number of sulfone groups is 1. The van der Waals surface area contributed by atoms with Gasteiger partial charge in [0.05, 0.1) is 31.0 Å². The fourth-order valence-corrected chi connectivity index (χ4v) is 5.75. The van der Waals surface area contributed by atoms with E-state index in [2.05, 4.69) is 27.7 Å². The average molecular weight is 493 g/mol. The molecule has 0 aliphatic carbocycles. The van der Waals surface area contributed by atoms with Crippen molar-refractivity contribution < 1.29 is 22.7 Å². The van der Waals surface area contributed by atoms with Crippen LogP contribution in [0.3, 0.4) is 0 Å². The zero-order valence-corrected chi connectivity index (χ0v) is 20.6. The molecule has 3 saturated heterocycles. The predicted molar refractivity (Wildman–Crippen MR) is 129 cm³/mol. The molecule has 4 rings (SSSR count). The van der Waals surface area contributed by atoms with Gasteiger partial charge in [0.15, 0.2) is 9.84 Å². The molecule has 3 aliphatic rings. The molecular weight excluding hydrogens is 456 g/mol. The quantitative estimate of drug-likeness (QED) is 0.482. The van der Waals surface area contributed by atoms with Crippen molar-refractivity contribution in [2.75, 3.05) is 64.6 Å².